The Balaban J connectivity index is 2.72. The van der Waals surface area contributed by atoms with Crippen LogP contribution in [-0.2, 0) is 0 Å². The minimum atomic E-state index is -0.0810. The van der Waals surface area contributed by atoms with Crippen LogP contribution >= 0.6 is 0 Å². The lowest BCUT2D eigenvalue weighted by molar-refractivity contribution is -0.683. The highest BCUT2D eigenvalue weighted by Crippen LogP contribution is 1.69. The average Bonchev–Trinajstić information content (AvgIpc) is 1.98. The van der Waals surface area contributed by atoms with Gasteiger partial charge >= 0.3 is 6.03 Å². The highest BCUT2D eigenvalue weighted by Gasteiger charge is 2.23. The molecule has 0 aromatic rings. The molecule has 0 saturated carbocycles. The van der Waals surface area contributed by atoms with Gasteiger partial charge in [-0.25, -0.2) is 9.69 Å². The lowest BCUT2D eigenvalue weighted by Crippen LogP contribution is -3.12. The summed E-state index contributed by atoms with van der Waals surface area (Å²) in [4.78, 5) is 11.2. The summed E-state index contributed by atoms with van der Waals surface area (Å²) in [5.74, 6) is 0.787. The van der Waals surface area contributed by atoms with Gasteiger partial charge in [-0.2, -0.15) is 5.43 Å². The van der Waals surface area contributed by atoms with Crippen LogP contribution in [0, 0.1) is 0 Å². The van der Waals surface area contributed by atoms with Crippen LogP contribution in [0.4, 0.5) is 4.79 Å². The Bertz CT molecular complexity index is 151. The Morgan fingerprint density at radius 2 is 2.38 bits per heavy atom. The van der Waals surface area contributed by atoms with E-state index in [1.165, 1.54) is 0 Å². The van der Waals surface area contributed by atoms with Crippen LogP contribution in [0.1, 0.15) is 6.92 Å². The van der Waals surface area contributed by atoms with Gasteiger partial charge in [-0.1, -0.05) is 0 Å². The molecule has 44 valence electrons. The summed E-state index contributed by atoms with van der Waals surface area (Å²) in [6.45, 7) is 1.80. The fraction of sp³-hybridized carbons (Fsp3) is 0.500. The lowest BCUT2D eigenvalue weighted by Gasteiger charge is -1.95. The number of nitrogens with zero attached hydrogens (tertiary/aromatic N) is 1. The van der Waals surface area contributed by atoms with Crippen molar-refractivity contribution in [3.8, 4) is 0 Å². The molecule has 1 heterocycles. The third-order valence-electron chi connectivity index (χ3n) is 1.21. The molecule has 1 aliphatic rings. The maximum Gasteiger partial charge on any atom is 0.441 e. The van der Waals surface area contributed by atoms with E-state index < -0.39 is 0 Å². The van der Waals surface area contributed by atoms with Gasteiger partial charge in [0, 0.05) is 6.92 Å². The number of amides is 2. The van der Waals surface area contributed by atoms with Crippen LogP contribution < -0.4 is 10.3 Å². The molecule has 0 radical (unpaired) electrons. The van der Waals surface area contributed by atoms with Crippen LogP contribution in [-0.4, -0.2) is 18.9 Å². The summed E-state index contributed by atoms with van der Waals surface area (Å²) in [6.07, 6.45) is 0. The predicted octanol–water partition coefficient (Wildman–Crippen LogP) is -1.44. The first-order valence-corrected chi connectivity index (χ1v) is 2.40. The molecule has 0 aromatic heterocycles. The van der Waals surface area contributed by atoms with Crippen molar-refractivity contribution in [2.45, 2.75) is 6.92 Å². The van der Waals surface area contributed by atoms with E-state index in [4.69, 9.17) is 0 Å². The van der Waals surface area contributed by atoms with E-state index in [1.54, 1.807) is 14.0 Å². The zero-order valence-corrected chi connectivity index (χ0v) is 4.86. The first-order chi connectivity index (χ1) is 3.72. The van der Waals surface area contributed by atoms with Gasteiger partial charge in [0.15, 0.2) is 0 Å². The lowest BCUT2D eigenvalue weighted by atomic mass is 10.6. The van der Waals surface area contributed by atoms with Gasteiger partial charge in [0.1, 0.15) is 0 Å². The zero-order chi connectivity index (χ0) is 6.15. The third-order valence-corrected chi connectivity index (χ3v) is 1.21. The van der Waals surface area contributed by atoms with Crippen LogP contribution in [0.15, 0.2) is 5.10 Å². The van der Waals surface area contributed by atoms with E-state index >= 15 is 0 Å². The summed E-state index contributed by atoms with van der Waals surface area (Å²) in [5, 5.41) is 3.68. The van der Waals surface area contributed by atoms with E-state index in [9.17, 15) is 4.79 Å². The topological polar surface area (TPSA) is 45.9 Å². The average molecular weight is 114 g/mol. The third kappa shape index (κ3) is 0.586. The highest BCUT2D eigenvalue weighted by atomic mass is 16.2. The van der Waals surface area contributed by atoms with Crippen LogP contribution in [0.5, 0.6) is 0 Å². The second-order valence-electron chi connectivity index (χ2n) is 1.76. The van der Waals surface area contributed by atoms with Gasteiger partial charge in [-0.05, 0) is 0 Å². The number of hydrogen-bond donors (Lipinski definition) is 2. The molecule has 0 aromatic carbocycles. The molecular formula is C4H8N3O+. The molecule has 2 N–H and O–H groups in total. The summed E-state index contributed by atoms with van der Waals surface area (Å²) < 4.78 is 0. The number of amidine groups is 1. The van der Waals surface area contributed by atoms with Gasteiger partial charge in [-0.15, -0.1) is 5.10 Å². The molecule has 1 aliphatic heterocycles. The maximum atomic E-state index is 10.5. The largest absolute Gasteiger partial charge is 0.441 e. The first kappa shape index (κ1) is 5.24. The molecule has 1 unspecified atom stereocenters. The van der Waals surface area contributed by atoms with Crippen molar-refractivity contribution in [3.63, 3.8) is 0 Å². The Hall–Kier alpha value is -0.900. The molecule has 1 rings (SSSR count). The standard InChI is InChI=1S/C4H7N3O/c1-3-5-6-4(8)7(3)2/h1-2H3,(H,6,8)/p+1. The second kappa shape index (κ2) is 1.56. The van der Waals surface area contributed by atoms with Crippen LogP contribution in [0.2, 0.25) is 0 Å². The minimum Gasteiger partial charge on any atom is -0.207 e. The van der Waals surface area contributed by atoms with E-state index in [-0.39, 0.29) is 6.03 Å². The molecule has 0 aliphatic carbocycles. The van der Waals surface area contributed by atoms with Crippen molar-refractivity contribution in [1.82, 2.24) is 5.43 Å². The molecule has 0 bridgehead atoms. The minimum absolute atomic E-state index is 0.0810. The number of carbonyl (C=O) groups excluding carboxylic acids is 1. The van der Waals surface area contributed by atoms with Gasteiger partial charge in [0.05, 0.1) is 7.05 Å². The fourth-order valence-corrected chi connectivity index (χ4v) is 0.467. The van der Waals surface area contributed by atoms with Crippen molar-refractivity contribution in [1.29, 1.82) is 0 Å². The van der Waals surface area contributed by atoms with Gasteiger partial charge in [0.2, 0.25) is 5.84 Å². The molecule has 0 saturated heterocycles. The molecule has 2 amide bonds. The molecule has 0 fully saturated rings. The number of nitrogens with one attached hydrogen (secondary N) is 2. The van der Waals surface area contributed by atoms with Crippen molar-refractivity contribution in [2.24, 2.45) is 5.10 Å². The smallest absolute Gasteiger partial charge is 0.207 e. The van der Waals surface area contributed by atoms with Gasteiger partial charge in [0.25, 0.3) is 0 Å². The number of rotatable bonds is 0. The van der Waals surface area contributed by atoms with E-state index in [1.807, 2.05) is 0 Å². The summed E-state index contributed by atoms with van der Waals surface area (Å²) in [5.41, 5.74) is 2.33. The van der Waals surface area contributed by atoms with Crippen molar-refractivity contribution in [2.75, 3.05) is 7.05 Å². The normalized spacial score (nSPS) is 27.5. The summed E-state index contributed by atoms with van der Waals surface area (Å²) in [6, 6.07) is -0.0810. The number of hydrazone groups is 1. The molecule has 0 spiro atoms. The van der Waals surface area contributed by atoms with Crippen LogP contribution in [0.25, 0.3) is 0 Å². The summed E-state index contributed by atoms with van der Waals surface area (Å²) in [7, 11) is 1.75. The zero-order valence-electron chi connectivity index (χ0n) is 4.86. The van der Waals surface area contributed by atoms with E-state index in [0.29, 0.717) is 4.90 Å². The van der Waals surface area contributed by atoms with Gasteiger partial charge in [-0.3, -0.25) is 0 Å². The van der Waals surface area contributed by atoms with Gasteiger partial charge < -0.3 is 0 Å². The van der Waals surface area contributed by atoms with Crippen molar-refractivity contribution >= 4 is 11.9 Å². The molecule has 8 heavy (non-hydrogen) atoms. The SMILES string of the molecule is CC1=NNC(=O)[NH+]1C. The first-order valence-electron chi connectivity index (χ1n) is 2.40. The fourth-order valence-electron chi connectivity index (χ4n) is 0.467. The quantitative estimate of drug-likeness (QED) is 0.398. The number of carbonyl (C=O) groups is 1. The van der Waals surface area contributed by atoms with E-state index in [2.05, 4.69) is 10.5 Å². The molecular weight excluding hydrogens is 106 g/mol. The number of hydrogen-bond acceptors (Lipinski definition) is 2. The Morgan fingerprint density at radius 3 is 2.50 bits per heavy atom. The maximum absolute atomic E-state index is 10.5. The van der Waals surface area contributed by atoms with Crippen molar-refractivity contribution in [3.05, 3.63) is 0 Å². The molecule has 4 heteroatoms. The van der Waals surface area contributed by atoms with Crippen molar-refractivity contribution < 1.29 is 9.69 Å². The number of quaternary nitrogens is 1. The molecule has 1 atom stereocenters. The number of urea groups is 1. The predicted molar refractivity (Wildman–Crippen MR) is 28.5 cm³/mol. The highest BCUT2D eigenvalue weighted by molar-refractivity contribution is 5.86. The molecule has 4 nitrogen and oxygen atoms in total. The Kier molecular flexibility index (Phi) is 1.02. The Labute approximate surface area is 47.2 Å². The van der Waals surface area contributed by atoms with Crippen LogP contribution in [0.3, 0.4) is 0 Å². The summed E-state index contributed by atoms with van der Waals surface area (Å²) >= 11 is 0. The Morgan fingerprint density at radius 1 is 1.75 bits per heavy atom. The monoisotopic (exact) mass is 114 g/mol. The van der Waals surface area contributed by atoms with E-state index in [0.717, 1.165) is 5.84 Å². The second-order valence-corrected chi connectivity index (χ2v) is 1.76.